The molecule has 0 spiro atoms. The molecule has 0 aliphatic heterocycles. The number of rotatable bonds is 2. The number of hydrogen-bond donors (Lipinski definition) is 0. The highest BCUT2D eigenvalue weighted by Gasteiger charge is 2.12. The lowest BCUT2D eigenvalue weighted by Gasteiger charge is -2.07. The van der Waals surface area contributed by atoms with Gasteiger partial charge in [-0.05, 0) is 6.07 Å². The zero-order chi connectivity index (χ0) is 14.3. The van der Waals surface area contributed by atoms with Crippen molar-refractivity contribution in [2.24, 2.45) is 7.05 Å². The molecule has 0 fully saturated rings. The van der Waals surface area contributed by atoms with Crippen molar-refractivity contribution in [3.05, 3.63) is 58.3 Å². The van der Waals surface area contributed by atoms with Gasteiger partial charge in [-0.1, -0.05) is 12.1 Å². The fourth-order valence-electron chi connectivity index (χ4n) is 2.03. The molecule has 5 nitrogen and oxygen atoms in total. The van der Waals surface area contributed by atoms with Gasteiger partial charge in [0.2, 0.25) is 0 Å². The minimum atomic E-state index is -0.953. The van der Waals surface area contributed by atoms with Crippen LogP contribution in [0.15, 0.2) is 35.5 Å². The zero-order valence-electron chi connectivity index (χ0n) is 10.5. The SMILES string of the molecule is Cn1ncc2c(=O)n(Cc3cccc(F)c3F)cnc21. The molecule has 0 aliphatic rings. The van der Waals surface area contributed by atoms with Gasteiger partial charge in [0.15, 0.2) is 17.3 Å². The highest BCUT2D eigenvalue weighted by atomic mass is 19.2. The molecule has 2 aromatic heterocycles. The maximum absolute atomic E-state index is 13.6. The van der Waals surface area contributed by atoms with Gasteiger partial charge < -0.3 is 0 Å². The molecule has 0 aliphatic carbocycles. The minimum absolute atomic E-state index is 0.0831. The topological polar surface area (TPSA) is 52.7 Å². The minimum Gasteiger partial charge on any atom is -0.294 e. The van der Waals surface area contributed by atoms with E-state index < -0.39 is 11.6 Å². The smallest absolute Gasteiger partial charge is 0.264 e. The summed E-state index contributed by atoms with van der Waals surface area (Å²) in [7, 11) is 1.67. The van der Waals surface area contributed by atoms with Crippen molar-refractivity contribution in [2.75, 3.05) is 0 Å². The van der Waals surface area contributed by atoms with Gasteiger partial charge in [-0.3, -0.25) is 14.0 Å². The predicted octanol–water partition coefficient (Wildman–Crippen LogP) is 1.46. The van der Waals surface area contributed by atoms with E-state index in [1.807, 2.05) is 0 Å². The van der Waals surface area contributed by atoms with E-state index in [1.165, 1.54) is 33.9 Å². The van der Waals surface area contributed by atoms with E-state index in [0.29, 0.717) is 11.0 Å². The zero-order valence-corrected chi connectivity index (χ0v) is 10.5. The van der Waals surface area contributed by atoms with Gasteiger partial charge in [0.25, 0.3) is 5.56 Å². The number of halogens is 2. The van der Waals surface area contributed by atoms with E-state index in [9.17, 15) is 13.6 Å². The number of hydrogen-bond acceptors (Lipinski definition) is 3. The number of nitrogens with zero attached hydrogens (tertiary/aromatic N) is 4. The van der Waals surface area contributed by atoms with Crippen molar-refractivity contribution in [3.63, 3.8) is 0 Å². The van der Waals surface area contributed by atoms with Gasteiger partial charge in [-0.15, -0.1) is 0 Å². The fraction of sp³-hybridized carbons (Fsp3) is 0.154. The summed E-state index contributed by atoms with van der Waals surface area (Å²) in [5.41, 5.74) is 0.204. The maximum atomic E-state index is 13.6. The fourth-order valence-corrected chi connectivity index (χ4v) is 2.03. The highest BCUT2D eigenvalue weighted by molar-refractivity contribution is 5.72. The Bertz CT molecular complexity index is 853. The van der Waals surface area contributed by atoms with E-state index >= 15 is 0 Å². The standard InChI is InChI=1S/C13H10F2N4O/c1-18-12-9(5-17-18)13(20)19(7-16-12)6-8-3-2-4-10(14)11(8)15/h2-5,7H,6H2,1H3. The first-order valence-corrected chi connectivity index (χ1v) is 5.88. The number of aromatic nitrogens is 4. The van der Waals surface area contributed by atoms with E-state index in [4.69, 9.17) is 0 Å². The Morgan fingerprint density at radius 3 is 2.90 bits per heavy atom. The third-order valence-electron chi connectivity index (χ3n) is 3.09. The molecular formula is C13H10F2N4O. The van der Waals surface area contributed by atoms with Crippen LogP contribution in [-0.4, -0.2) is 19.3 Å². The lowest BCUT2D eigenvalue weighted by Crippen LogP contribution is -2.21. The van der Waals surface area contributed by atoms with E-state index in [2.05, 4.69) is 10.1 Å². The Hall–Kier alpha value is -2.57. The van der Waals surface area contributed by atoms with Gasteiger partial charge >= 0.3 is 0 Å². The second-order valence-corrected chi connectivity index (χ2v) is 4.40. The molecule has 0 saturated heterocycles. The first-order valence-electron chi connectivity index (χ1n) is 5.88. The highest BCUT2D eigenvalue weighted by Crippen LogP contribution is 2.12. The Morgan fingerprint density at radius 2 is 2.10 bits per heavy atom. The third kappa shape index (κ3) is 1.87. The van der Waals surface area contributed by atoms with Crippen LogP contribution in [0.25, 0.3) is 11.0 Å². The second-order valence-electron chi connectivity index (χ2n) is 4.40. The molecule has 102 valence electrons. The molecule has 20 heavy (non-hydrogen) atoms. The number of benzene rings is 1. The first-order chi connectivity index (χ1) is 9.58. The number of fused-ring (bicyclic) bond motifs is 1. The summed E-state index contributed by atoms with van der Waals surface area (Å²) in [4.78, 5) is 16.3. The Morgan fingerprint density at radius 1 is 1.30 bits per heavy atom. The number of aryl methyl sites for hydroxylation is 1. The lowest BCUT2D eigenvalue weighted by molar-refractivity contribution is 0.494. The van der Waals surface area contributed by atoms with Crippen molar-refractivity contribution in [2.45, 2.75) is 6.54 Å². The maximum Gasteiger partial charge on any atom is 0.264 e. The molecule has 3 aromatic rings. The molecule has 7 heteroatoms. The summed E-state index contributed by atoms with van der Waals surface area (Å²) in [6.45, 7) is -0.0831. The van der Waals surface area contributed by atoms with Crippen LogP contribution in [-0.2, 0) is 13.6 Å². The van der Waals surface area contributed by atoms with Crippen molar-refractivity contribution in [3.8, 4) is 0 Å². The molecule has 3 rings (SSSR count). The molecule has 0 N–H and O–H groups in total. The van der Waals surface area contributed by atoms with Crippen LogP contribution in [0.1, 0.15) is 5.56 Å². The monoisotopic (exact) mass is 276 g/mol. The molecule has 0 atom stereocenters. The second kappa shape index (κ2) is 4.52. The van der Waals surface area contributed by atoms with Crippen molar-refractivity contribution in [1.29, 1.82) is 0 Å². The van der Waals surface area contributed by atoms with Crippen LogP contribution >= 0.6 is 0 Å². The first kappa shape index (κ1) is 12.5. The van der Waals surface area contributed by atoms with Gasteiger partial charge in [-0.25, -0.2) is 13.8 Å². The molecule has 2 heterocycles. The molecule has 0 unspecified atom stereocenters. The quantitative estimate of drug-likeness (QED) is 0.712. The molecule has 1 aromatic carbocycles. The van der Waals surface area contributed by atoms with Crippen LogP contribution in [0, 0.1) is 11.6 Å². The Kier molecular flexibility index (Phi) is 2.81. The van der Waals surface area contributed by atoms with Crippen LogP contribution in [0.4, 0.5) is 8.78 Å². The lowest BCUT2D eigenvalue weighted by atomic mass is 10.2. The molecule has 0 saturated carbocycles. The predicted molar refractivity (Wildman–Crippen MR) is 68.2 cm³/mol. The van der Waals surface area contributed by atoms with Crippen LogP contribution in [0.2, 0.25) is 0 Å². The van der Waals surface area contributed by atoms with Crippen molar-refractivity contribution in [1.82, 2.24) is 19.3 Å². The summed E-state index contributed by atoms with van der Waals surface area (Å²) in [5, 5.41) is 4.28. The van der Waals surface area contributed by atoms with Gasteiger partial charge in [0.05, 0.1) is 12.7 Å². The summed E-state index contributed by atoms with van der Waals surface area (Å²) in [5.74, 6) is -1.89. The summed E-state index contributed by atoms with van der Waals surface area (Å²) >= 11 is 0. The van der Waals surface area contributed by atoms with Crippen molar-refractivity contribution >= 4 is 11.0 Å². The average Bonchev–Trinajstić information content (AvgIpc) is 2.80. The molecule has 0 bridgehead atoms. The van der Waals surface area contributed by atoms with E-state index in [-0.39, 0.29) is 17.7 Å². The van der Waals surface area contributed by atoms with Crippen LogP contribution in [0.5, 0.6) is 0 Å². The molecule has 0 radical (unpaired) electrons. The largest absolute Gasteiger partial charge is 0.294 e. The summed E-state index contributed by atoms with van der Waals surface area (Å²) in [6, 6.07) is 3.86. The average molecular weight is 276 g/mol. The summed E-state index contributed by atoms with van der Waals surface area (Å²) < 4.78 is 29.5. The van der Waals surface area contributed by atoms with Crippen LogP contribution in [0.3, 0.4) is 0 Å². The van der Waals surface area contributed by atoms with Crippen LogP contribution < -0.4 is 5.56 Å². The van der Waals surface area contributed by atoms with Crippen molar-refractivity contribution < 1.29 is 8.78 Å². The third-order valence-corrected chi connectivity index (χ3v) is 3.09. The summed E-state index contributed by atoms with van der Waals surface area (Å²) in [6.07, 6.45) is 2.71. The van der Waals surface area contributed by atoms with Gasteiger partial charge in [0, 0.05) is 12.6 Å². The van der Waals surface area contributed by atoms with Gasteiger partial charge in [-0.2, -0.15) is 5.10 Å². The Labute approximate surface area is 112 Å². The van der Waals surface area contributed by atoms with Gasteiger partial charge in [0.1, 0.15) is 11.7 Å². The van der Waals surface area contributed by atoms with E-state index in [1.54, 1.807) is 7.05 Å². The molecule has 0 amide bonds. The van der Waals surface area contributed by atoms with E-state index in [0.717, 1.165) is 6.07 Å². The Balaban J connectivity index is 2.09. The molecular weight excluding hydrogens is 266 g/mol. The normalized spacial score (nSPS) is 11.2.